The van der Waals surface area contributed by atoms with Gasteiger partial charge in [-0.2, -0.15) is 0 Å². The second-order valence-electron chi connectivity index (χ2n) is 7.89. The summed E-state index contributed by atoms with van der Waals surface area (Å²) >= 11 is 1.44. The molecule has 28 heavy (non-hydrogen) atoms. The zero-order valence-electron chi connectivity index (χ0n) is 16.8. The van der Waals surface area contributed by atoms with Crippen LogP contribution in [0, 0.1) is 13.8 Å². The molecular weight excluding hydrogens is 370 g/mol. The summed E-state index contributed by atoms with van der Waals surface area (Å²) in [6, 6.07) is 8.13. The van der Waals surface area contributed by atoms with Crippen LogP contribution in [-0.2, 0) is 10.2 Å². The van der Waals surface area contributed by atoms with E-state index >= 15 is 0 Å². The van der Waals surface area contributed by atoms with Gasteiger partial charge in [-0.1, -0.05) is 38.0 Å². The second-order valence-corrected chi connectivity index (χ2v) is 9.09. The maximum Gasteiger partial charge on any atom is 0.265 e. The highest BCUT2D eigenvalue weighted by Crippen LogP contribution is 2.47. The van der Waals surface area contributed by atoms with E-state index in [-0.39, 0.29) is 11.8 Å². The van der Waals surface area contributed by atoms with Gasteiger partial charge in [0.05, 0.1) is 16.1 Å². The summed E-state index contributed by atoms with van der Waals surface area (Å²) in [6.07, 6.45) is 3.95. The normalized spacial score (nSPS) is 21.0. The lowest BCUT2D eigenvalue weighted by molar-refractivity contribution is -0.122. The number of hydrogen-bond donors (Lipinski definition) is 0. The lowest BCUT2D eigenvalue weighted by Gasteiger charge is -2.24. The Hall–Kier alpha value is -2.21. The third-order valence-electron chi connectivity index (χ3n) is 6.00. The summed E-state index contributed by atoms with van der Waals surface area (Å²) in [5, 5.41) is 0.902. The Morgan fingerprint density at radius 2 is 2.04 bits per heavy atom. The summed E-state index contributed by atoms with van der Waals surface area (Å²) in [7, 11) is 0. The number of aryl methyl sites for hydroxylation is 2. The maximum absolute atomic E-state index is 13.5. The first kappa shape index (κ1) is 19.1. The molecule has 3 heterocycles. The molecule has 0 N–H and O–H groups in total. The Labute approximate surface area is 170 Å². The minimum atomic E-state index is -0.591. The van der Waals surface area contributed by atoms with Crippen molar-refractivity contribution in [1.29, 1.82) is 0 Å². The Morgan fingerprint density at radius 3 is 2.75 bits per heavy atom. The van der Waals surface area contributed by atoms with Gasteiger partial charge in [0.25, 0.3) is 5.91 Å². The number of hydrogen-bond acceptors (Lipinski definition) is 4. The summed E-state index contributed by atoms with van der Waals surface area (Å²) in [5.74, 6) is 0.173. The van der Waals surface area contributed by atoms with Crippen molar-refractivity contribution in [2.75, 3.05) is 24.5 Å². The molecular formula is C22H27N3O2S. The zero-order chi connectivity index (χ0) is 19.9. The number of carbonyl (C=O) groups is 2. The molecule has 1 aromatic carbocycles. The number of aromatic nitrogens is 1. The van der Waals surface area contributed by atoms with Gasteiger partial charge in [0.15, 0.2) is 0 Å². The molecule has 6 heteroatoms. The maximum atomic E-state index is 13.5. The highest BCUT2D eigenvalue weighted by atomic mass is 32.1. The largest absolute Gasteiger partial charge is 0.336 e. The van der Waals surface area contributed by atoms with Gasteiger partial charge in [0.2, 0.25) is 5.91 Å². The molecule has 2 aromatic rings. The van der Waals surface area contributed by atoms with Crippen LogP contribution in [0.15, 0.2) is 24.3 Å². The van der Waals surface area contributed by atoms with Crippen LogP contribution < -0.4 is 4.90 Å². The van der Waals surface area contributed by atoms with E-state index < -0.39 is 5.41 Å². The number of benzene rings is 1. The quantitative estimate of drug-likeness (QED) is 0.715. The van der Waals surface area contributed by atoms with Crippen molar-refractivity contribution >= 4 is 28.8 Å². The Kier molecular flexibility index (Phi) is 5.00. The van der Waals surface area contributed by atoms with Crippen LogP contribution in [0.5, 0.6) is 0 Å². The predicted molar refractivity (Wildman–Crippen MR) is 112 cm³/mol. The van der Waals surface area contributed by atoms with Gasteiger partial charge < -0.3 is 9.80 Å². The summed E-state index contributed by atoms with van der Waals surface area (Å²) in [4.78, 5) is 35.5. The first-order valence-electron chi connectivity index (χ1n) is 10.1. The number of anilines is 1. The van der Waals surface area contributed by atoms with E-state index in [2.05, 4.69) is 24.0 Å². The lowest BCUT2D eigenvalue weighted by Crippen LogP contribution is -2.43. The molecule has 5 nitrogen and oxygen atoms in total. The van der Waals surface area contributed by atoms with Gasteiger partial charge in [-0.3, -0.25) is 9.59 Å². The number of unbranched alkanes of at least 4 members (excludes halogenated alkanes) is 2. The van der Waals surface area contributed by atoms with Crippen molar-refractivity contribution in [3.05, 3.63) is 45.4 Å². The standard InChI is InChI=1S/C22H27N3O2S/c1-4-5-8-12-25-18-10-7-6-9-17(18)22(21(25)27)11-13-24(14-22)20(26)19-15(2)23-16(3)28-19/h6-7,9-10H,4-5,8,11-14H2,1-3H3. The molecule has 1 aromatic heterocycles. The van der Waals surface area contributed by atoms with Gasteiger partial charge in [-0.25, -0.2) is 4.98 Å². The predicted octanol–water partition coefficient (Wildman–Crippen LogP) is 4.08. The summed E-state index contributed by atoms with van der Waals surface area (Å²) < 4.78 is 0. The third-order valence-corrected chi connectivity index (χ3v) is 7.07. The van der Waals surface area contributed by atoms with E-state index in [1.54, 1.807) is 0 Å². The van der Waals surface area contributed by atoms with E-state index in [9.17, 15) is 9.59 Å². The Balaban J connectivity index is 1.62. The molecule has 1 spiro atoms. The number of para-hydroxylation sites is 1. The highest BCUT2D eigenvalue weighted by molar-refractivity contribution is 7.13. The first-order valence-corrected chi connectivity index (χ1v) is 10.9. The van der Waals surface area contributed by atoms with Crippen LogP contribution in [0.4, 0.5) is 5.69 Å². The summed E-state index contributed by atoms with van der Waals surface area (Å²) in [6.45, 7) is 7.80. The number of thiazole rings is 1. The van der Waals surface area contributed by atoms with Crippen LogP contribution in [0.3, 0.4) is 0 Å². The van der Waals surface area contributed by atoms with Crippen LogP contribution in [-0.4, -0.2) is 41.3 Å². The molecule has 1 unspecified atom stereocenters. The fraction of sp³-hybridized carbons (Fsp3) is 0.500. The molecule has 1 fully saturated rings. The molecule has 0 bridgehead atoms. The minimum Gasteiger partial charge on any atom is -0.336 e. The Bertz CT molecular complexity index is 922. The average molecular weight is 398 g/mol. The molecule has 2 amide bonds. The van der Waals surface area contributed by atoms with Crippen molar-refractivity contribution < 1.29 is 9.59 Å². The van der Waals surface area contributed by atoms with Crippen LogP contribution in [0.1, 0.15) is 58.5 Å². The monoisotopic (exact) mass is 397 g/mol. The molecule has 2 aliphatic rings. The summed E-state index contributed by atoms with van der Waals surface area (Å²) in [5.41, 5.74) is 2.31. The average Bonchev–Trinajstić information content (AvgIpc) is 3.34. The topological polar surface area (TPSA) is 53.5 Å². The minimum absolute atomic E-state index is 0.00897. The molecule has 0 saturated carbocycles. The van der Waals surface area contributed by atoms with E-state index in [1.807, 2.05) is 35.8 Å². The van der Waals surface area contributed by atoms with Gasteiger partial charge in [-0.15, -0.1) is 11.3 Å². The number of amides is 2. The van der Waals surface area contributed by atoms with Gasteiger partial charge >= 0.3 is 0 Å². The third kappa shape index (κ3) is 2.94. The zero-order valence-corrected chi connectivity index (χ0v) is 17.6. The molecule has 0 aliphatic carbocycles. The van der Waals surface area contributed by atoms with Gasteiger partial charge in [-0.05, 0) is 38.3 Å². The van der Waals surface area contributed by atoms with E-state index in [0.717, 1.165) is 47.8 Å². The van der Waals surface area contributed by atoms with E-state index in [1.165, 1.54) is 11.3 Å². The molecule has 1 saturated heterocycles. The smallest absolute Gasteiger partial charge is 0.265 e. The number of nitrogens with zero attached hydrogens (tertiary/aromatic N) is 3. The highest BCUT2D eigenvalue weighted by Gasteiger charge is 2.55. The van der Waals surface area contributed by atoms with Crippen LogP contribution in [0.2, 0.25) is 0 Å². The number of rotatable bonds is 5. The van der Waals surface area contributed by atoms with Crippen molar-refractivity contribution in [3.63, 3.8) is 0 Å². The molecule has 0 radical (unpaired) electrons. The lowest BCUT2D eigenvalue weighted by atomic mass is 9.81. The molecule has 2 aliphatic heterocycles. The van der Waals surface area contributed by atoms with E-state index in [0.29, 0.717) is 24.4 Å². The van der Waals surface area contributed by atoms with Crippen molar-refractivity contribution in [2.24, 2.45) is 0 Å². The fourth-order valence-corrected chi connectivity index (χ4v) is 5.48. The van der Waals surface area contributed by atoms with E-state index in [4.69, 9.17) is 0 Å². The fourth-order valence-electron chi connectivity index (χ4n) is 4.59. The molecule has 148 valence electrons. The first-order chi connectivity index (χ1) is 13.5. The van der Waals surface area contributed by atoms with Gasteiger partial charge in [0.1, 0.15) is 4.88 Å². The van der Waals surface area contributed by atoms with Crippen LogP contribution in [0.25, 0.3) is 0 Å². The number of carbonyl (C=O) groups excluding carboxylic acids is 2. The SMILES string of the molecule is CCCCCN1C(=O)C2(CCN(C(=O)c3sc(C)nc3C)C2)c2ccccc21. The van der Waals surface area contributed by atoms with Crippen molar-refractivity contribution in [3.8, 4) is 0 Å². The number of likely N-dealkylation sites (tertiary alicyclic amines) is 1. The van der Waals surface area contributed by atoms with Gasteiger partial charge in [0, 0.05) is 25.3 Å². The second kappa shape index (κ2) is 7.32. The molecule has 4 rings (SSSR count). The van der Waals surface area contributed by atoms with Crippen LogP contribution >= 0.6 is 11.3 Å². The Morgan fingerprint density at radius 1 is 1.25 bits per heavy atom. The number of fused-ring (bicyclic) bond motifs is 2. The molecule has 1 atom stereocenters. The van der Waals surface area contributed by atoms with Crippen molar-refractivity contribution in [1.82, 2.24) is 9.88 Å². The van der Waals surface area contributed by atoms with Crippen molar-refractivity contribution in [2.45, 2.75) is 51.9 Å².